The molecule has 2 aliphatic rings. The van der Waals surface area contributed by atoms with Crippen LogP contribution in [0.3, 0.4) is 0 Å². The van der Waals surface area contributed by atoms with Gasteiger partial charge in [0, 0.05) is 19.6 Å². The van der Waals surface area contributed by atoms with Crippen molar-refractivity contribution in [2.45, 2.75) is 25.7 Å². The van der Waals surface area contributed by atoms with Crippen molar-refractivity contribution in [2.75, 3.05) is 32.7 Å². The molecule has 0 saturated carbocycles. The second kappa shape index (κ2) is 7.30. The highest BCUT2D eigenvalue weighted by Gasteiger charge is 2.37. The van der Waals surface area contributed by atoms with Gasteiger partial charge in [-0.1, -0.05) is 12.1 Å². The van der Waals surface area contributed by atoms with Crippen molar-refractivity contribution >= 4 is 11.8 Å². The predicted molar refractivity (Wildman–Crippen MR) is 88.8 cm³/mol. The van der Waals surface area contributed by atoms with Crippen LogP contribution in [0.5, 0.6) is 0 Å². The molecule has 5 nitrogen and oxygen atoms in total. The van der Waals surface area contributed by atoms with Crippen LogP contribution in [0.15, 0.2) is 24.3 Å². The average Bonchev–Trinajstić information content (AvgIpc) is 3.01. The van der Waals surface area contributed by atoms with Crippen molar-refractivity contribution in [3.63, 3.8) is 0 Å². The third-order valence-corrected chi connectivity index (χ3v) is 5.20. The number of hydrogen-bond donors (Lipinski definition) is 2. The van der Waals surface area contributed by atoms with Crippen LogP contribution in [-0.4, -0.2) is 49.4 Å². The highest BCUT2D eigenvalue weighted by molar-refractivity contribution is 5.85. The summed E-state index contributed by atoms with van der Waals surface area (Å²) in [4.78, 5) is 26.0. The van der Waals surface area contributed by atoms with Gasteiger partial charge in [0.2, 0.25) is 11.8 Å². The SMILES string of the molecule is O=C(Cc1cccc(F)c1)NCC(=O)N1CCC2(CCNC2)CC1. The van der Waals surface area contributed by atoms with Gasteiger partial charge in [0.1, 0.15) is 5.82 Å². The molecular formula is C18H24FN3O2. The standard InChI is InChI=1S/C18H24FN3O2/c19-15-3-1-2-14(10-15)11-16(23)21-12-17(24)22-8-5-18(6-9-22)4-7-20-13-18/h1-3,10,20H,4-9,11-13H2,(H,21,23). The van der Waals surface area contributed by atoms with E-state index in [4.69, 9.17) is 0 Å². The number of benzene rings is 1. The molecule has 3 rings (SSSR count). The maximum atomic E-state index is 13.1. The van der Waals surface area contributed by atoms with Crippen LogP contribution in [0.4, 0.5) is 4.39 Å². The lowest BCUT2D eigenvalue weighted by Crippen LogP contribution is -2.47. The number of nitrogens with one attached hydrogen (secondary N) is 2. The van der Waals surface area contributed by atoms with Gasteiger partial charge < -0.3 is 15.5 Å². The number of halogens is 1. The fraction of sp³-hybridized carbons (Fsp3) is 0.556. The Morgan fingerprint density at radius 2 is 2.04 bits per heavy atom. The summed E-state index contributed by atoms with van der Waals surface area (Å²) in [6.07, 6.45) is 3.34. The van der Waals surface area contributed by atoms with Gasteiger partial charge in [0.05, 0.1) is 13.0 Å². The third kappa shape index (κ3) is 4.12. The van der Waals surface area contributed by atoms with Crippen LogP contribution in [0, 0.1) is 11.2 Å². The zero-order valence-electron chi connectivity index (χ0n) is 13.8. The Kier molecular flexibility index (Phi) is 5.14. The second-order valence-corrected chi connectivity index (χ2v) is 6.89. The second-order valence-electron chi connectivity index (χ2n) is 6.89. The molecule has 0 aromatic heterocycles. The monoisotopic (exact) mass is 333 g/mol. The number of carbonyl (C=O) groups excluding carboxylic acids is 2. The van der Waals surface area contributed by atoms with Gasteiger partial charge in [-0.25, -0.2) is 4.39 Å². The van der Waals surface area contributed by atoms with Crippen LogP contribution in [0.25, 0.3) is 0 Å². The maximum Gasteiger partial charge on any atom is 0.241 e. The lowest BCUT2D eigenvalue weighted by Gasteiger charge is -2.38. The molecule has 2 fully saturated rings. The van der Waals surface area contributed by atoms with E-state index in [0.29, 0.717) is 11.0 Å². The van der Waals surface area contributed by atoms with Gasteiger partial charge in [-0.2, -0.15) is 0 Å². The van der Waals surface area contributed by atoms with Gasteiger partial charge >= 0.3 is 0 Å². The minimum absolute atomic E-state index is 0.0133. The summed E-state index contributed by atoms with van der Waals surface area (Å²) in [7, 11) is 0. The summed E-state index contributed by atoms with van der Waals surface area (Å²) < 4.78 is 13.1. The minimum atomic E-state index is -0.361. The maximum absolute atomic E-state index is 13.1. The molecule has 0 aliphatic carbocycles. The number of carbonyl (C=O) groups is 2. The quantitative estimate of drug-likeness (QED) is 0.867. The van der Waals surface area contributed by atoms with Crippen molar-refractivity contribution in [3.8, 4) is 0 Å². The number of amides is 2. The summed E-state index contributed by atoms with van der Waals surface area (Å²) in [5.74, 6) is -0.661. The number of likely N-dealkylation sites (tertiary alicyclic amines) is 1. The molecule has 130 valence electrons. The van der Waals surface area contributed by atoms with Crippen LogP contribution in [-0.2, 0) is 16.0 Å². The fourth-order valence-electron chi connectivity index (χ4n) is 3.63. The minimum Gasteiger partial charge on any atom is -0.347 e. The molecule has 1 aromatic carbocycles. The fourth-order valence-corrected chi connectivity index (χ4v) is 3.63. The Morgan fingerprint density at radius 1 is 1.25 bits per heavy atom. The van der Waals surface area contributed by atoms with Crippen LogP contribution < -0.4 is 10.6 Å². The van der Waals surface area contributed by atoms with Crippen LogP contribution in [0.2, 0.25) is 0 Å². The molecule has 1 spiro atoms. The Morgan fingerprint density at radius 3 is 2.71 bits per heavy atom. The molecule has 2 saturated heterocycles. The molecule has 0 unspecified atom stereocenters. The van der Waals surface area contributed by atoms with Crippen molar-refractivity contribution < 1.29 is 14.0 Å². The normalized spacial score (nSPS) is 19.5. The van der Waals surface area contributed by atoms with E-state index in [0.717, 1.165) is 39.0 Å². The molecule has 6 heteroatoms. The van der Waals surface area contributed by atoms with E-state index in [1.807, 2.05) is 4.90 Å². The largest absolute Gasteiger partial charge is 0.347 e. The first-order valence-electron chi connectivity index (χ1n) is 8.56. The summed E-state index contributed by atoms with van der Waals surface area (Å²) >= 11 is 0. The Balaban J connectivity index is 1.41. The highest BCUT2D eigenvalue weighted by Crippen LogP contribution is 2.36. The first-order valence-corrected chi connectivity index (χ1v) is 8.56. The van der Waals surface area contributed by atoms with Crippen molar-refractivity contribution in [1.82, 2.24) is 15.5 Å². The lowest BCUT2D eigenvalue weighted by atomic mass is 9.78. The lowest BCUT2D eigenvalue weighted by molar-refractivity contribution is -0.134. The van der Waals surface area contributed by atoms with E-state index < -0.39 is 0 Å². The van der Waals surface area contributed by atoms with Crippen molar-refractivity contribution in [3.05, 3.63) is 35.6 Å². The molecule has 2 amide bonds. The van der Waals surface area contributed by atoms with Gasteiger partial charge in [-0.05, 0) is 48.9 Å². The van der Waals surface area contributed by atoms with E-state index in [1.54, 1.807) is 12.1 Å². The summed E-state index contributed by atoms with van der Waals surface area (Å²) in [5.41, 5.74) is 0.978. The number of hydrogen-bond acceptors (Lipinski definition) is 3. The Labute approximate surface area is 141 Å². The van der Waals surface area contributed by atoms with Crippen molar-refractivity contribution in [1.29, 1.82) is 0 Å². The van der Waals surface area contributed by atoms with Gasteiger partial charge in [0.25, 0.3) is 0 Å². The number of rotatable bonds is 4. The van der Waals surface area contributed by atoms with E-state index in [-0.39, 0.29) is 30.6 Å². The summed E-state index contributed by atoms with van der Waals surface area (Å²) in [5, 5.41) is 6.05. The number of nitrogens with zero attached hydrogens (tertiary/aromatic N) is 1. The number of piperidine rings is 1. The summed E-state index contributed by atoms with van der Waals surface area (Å²) in [6.45, 7) is 3.67. The molecule has 0 atom stereocenters. The molecule has 0 radical (unpaired) electrons. The van der Waals surface area contributed by atoms with Crippen LogP contribution in [0.1, 0.15) is 24.8 Å². The van der Waals surface area contributed by atoms with Gasteiger partial charge in [0.15, 0.2) is 0 Å². The summed E-state index contributed by atoms with van der Waals surface area (Å²) in [6, 6.07) is 5.95. The topological polar surface area (TPSA) is 61.4 Å². The molecule has 2 heterocycles. The zero-order chi connectivity index (χ0) is 17.0. The first-order chi connectivity index (χ1) is 11.6. The Bertz CT molecular complexity index is 604. The van der Waals surface area contributed by atoms with Gasteiger partial charge in [-0.3, -0.25) is 9.59 Å². The Hall–Kier alpha value is -1.95. The van der Waals surface area contributed by atoms with E-state index >= 15 is 0 Å². The molecule has 2 aliphatic heterocycles. The van der Waals surface area contributed by atoms with E-state index in [2.05, 4.69) is 10.6 Å². The third-order valence-electron chi connectivity index (χ3n) is 5.20. The first kappa shape index (κ1) is 16.9. The zero-order valence-corrected chi connectivity index (χ0v) is 13.8. The average molecular weight is 333 g/mol. The molecule has 24 heavy (non-hydrogen) atoms. The highest BCUT2D eigenvalue weighted by atomic mass is 19.1. The molecular weight excluding hydrogens is 309 g/mol. The predicted octanol–water partition coefficient (Wildman–Crippen LogP) is 1.09. The molecule has 2 N–H and O–H groups in total. The van der Waals surface area contributed by atoms with E-state index in [1.165, 1.54) is 18.6 Å². The van der Waals surface area contributed by atoms with E-state index in [9.17, 15) is 14.0 Å². The van der Waals surface area contributed by atoms with Crippen LogP contribution >= 0.6 is 0 Å². The van der Waals surface area contributed by atoms with Crippen molar-refractivity contribution in [2.24, 2.45) is 5.41 Å². The molecule has 0 bridgehead atoms. The van der Waals surface area contributed by atoms with Gasteiger partial charge in [-0.15, -0.1) is 0 Å². The molecule has 1 aromatic rings. The smallest absolute Gasteiger partial charge is 0.241 e.